The Hall–Kier alpha value is -0.890. The number of nitrogens with one attached hydrogen (secondary N) is 2. The zero-order valence-electron chi connectivity index (χ0n) is 12.7. The molecule has 116 valence electrons. The highest BCUT2D eigenvalue weighted by Gasteiger charge is 2.16. The normalized spacial score (nSPS) is 14.5. The van der Waals surface area contributed by atoms with Gasteiger partial charge in [0.1, 0.15) is 10.7 Å². The van der Waals surface area contributed by atoms with E-state index in [1.54, 1.807) is 23.1 Å². The average Bonchev–Trinajstić information content (AvgIpc) is 2.73. The zero-order valence-corrected chi connectivity index (χ0v) is 14.3. The van der Waals surface area contributed by atoms with Crippen LogP contribution in [0.3, 0.4) is 0 Å². The third-order valence-electron chi connectivity index (χ3n) is 3.72. The van der Waals surface area contributed by atoms with Gasteiger partial charge in [-0.25, -0.2) is 4.98 Å². The molecule has 2 unspecified atom stereocenters. The third kappa shape index (κ3) is 3.48. The van der Waals surface area contributed by atoms with Gasteiger partial charge in [0.15, 0.2) is 0 Å². The lowest BCUT2D eigenvalue weighted by molar-refractivity contribution is 0.275. The number of aromatic nitrogens is 2. The molecule has 2 aromatic heterocycles. The van der Waals surface area contributed by atoms with Crippen molar-refractivity contribution in [3.8, 4) is 0 Å². The summed E-state index contributed by atoms with van der Waals surface area (Å²) in [6.45, 7) is 6.59. The van der Waals surface area contributed by atoms with Crippen LogP contribution in [0.4, 0.5) is 0 Å². The van der Waals surface area contributed by atoms with Gasteiger partial charge in [-0.3, -0.25) is 4.79 Å². The lowest BCUT2D eigenvalue weighted by Gasteiger charge is -2.20. The zero-order chi connectivity index (χ0) is 15.6. The van der Waals surface area contributed by atoms with Crippen LogP contribution in [-0.2, 0) is 6.54 Å². The summed E-state index contributed by atoms with van der Waals surface area (Å²) in [7, 11) is 0. The summed E-state index contributed by atoms with van der Waals surface area (Å²) in [5, 5.41) is 13.4. The van der Waals surface area contributed by atoms with E-state index in [4.69, 9.17) is 0 Å². The molecule has 0 aliphatic carbocycles. The van der Waals surface area contributed by atoms with Gasteiger partial charge in [0.25, 0.3) is 5.56 Å². The second-order valence-corrected chi connectivity index (χ2v) is 7.38. The first kappa shape index (κ1) is 16.5. The summed E-state index contributed by atoms with van der Waals surface area (Å²) in [5.41, 5.74) is 0.939. The number of fused-ring (bicyclic) bond motifs is 1. The molecule has 0 aromatic carbocycles. The number of hydrogen-bond acceptors (Lipinski definition) is 6. The van der Waals surface area contributed by atoms with Crippen LogP contribution < -0.4 is 10.9 Å². The van der Waals surface area contributed by atoms with Crippen molar-refractivity contribution in [2.75, 3.05) is 12.9 Å². The Morgan fingerprint density at radius 1 is 1.48 bits per heavy atom. The van der Waals surface area contributed by atoms with Crippen molar-refractivity contribution in [1.29, 1.82) is 0 Å². The third-order valence-corrected chi connectivity index (χ3v) is 5.98. The number of nitrogens with zero attached hydrogens (tertiary/aromatic N) is 1. The lowest BCUT2D eigenvalue weighted by Crippen LogP contribution is -2.37. The lowest BCUT2D eigenvalue weighted by atomic mass is 10.2. The predicted octanol–water partition coefficient (Wildman–Crippen LogP) is 1.80. The monoisotopic (exact) mass is 327 g/mol. The largest absolute Gasteiger partial charge is 0.395 e. The number of aliphatic hydroxyl groups is 1. The number of thioether (sulfide) groups is 1. The van der Waals surface area contributed by atoms with Crippen molar-refractivity contribution in [3.05, 3.63) is 26.6 Å². The molecule has 0 saturated heterocycles. The quantitative estimate of drug-likeness (QED) is 0.754. The standard InChI is InChI=1S/C14H21N3O2S2/c1-7-9(3)21-14-12(7)13(19)16-11(17-14)5-15-8(2)10(6-18)20-4/h8,10,15,18H,5-6H2,1-4H3,(H,16,17,19). The highest BCUT2D eigenvalue weighted by molar-refractivity contribution is 7.99. The molecule has 0 fully saturated rings. The molecule has 0 saturated carbocycles. The molecule has 0 aliphatic heterocycles. The molecule has 3 N–H and O–H groups in total. The van der Waals surface area contributed by atoms with Crippen molar-refractivity contribution in [2.24, 2.45) is 0 Å². The summed E-state index contributed by atoms with van der Waals surface area (Å²) >= 11 is 3.18. The van der Waals surface area contributed by atoms with E-state index in [0.717, 1.165) is 15.3 Å². The first-order valence-corrected chi connectivity index (χ1v) is 8.94. The Kier molecular flexibility index (Phi) is 5.43. The molecule has 5 nitrogen and oxygen atoms in total. The Labute approximate surface area is 132 Å². The number of rotatable bonds is 6. The van der Waals surface area contributed by atoms with Gasteiger partial charge in [0, 0.05) is 16.2 Å². The van der Waals surface area contributed by atoms with Gasteiger partial charge < -0.3 is 15.4 Å². The van der Waals surface area contributed by atoms with Crippen LogP contribution in [-0.4, -0.2) is 39.2 Å². The van der Waals surface area contributed by atoms with Crippen molar-refractivity contribution >= 4 is 33.3 Å². The number of aliphatic hydroxyl groups excluding tert-OH is 1. The van der Waals surface area contributed by atoms with Crippen LogP contribution in [0.25, 0.3) is 10.2 Å². The van der Waals surface area contributed by atoms with Crippen molar-refractivity contribution in [1.82, 2.24) is 15.3 Å². The summed E-state index contributed by atoms with van der Waals surface area (Å²) < 4.78 is 0. The first-order valence-electron chi connectivity index (χ1n) is 6.83. The fraction of sp³-hybridized carbons (Fsp3) is 0.571. The van der Waals surface area contributed by atoms with Crippen LogP contribution in [0.15, 0.2) is 4.79 Å². The van der Waals surface area contributed by atoms with Crippen LogP contribution in [0.1, 0.15) is 23.2 Å². The number of hydrogen-bond donors (Lipinski definition) is 3. The van der Waals surface area contributed by atoms with E-state index in [0.29, 0.717) is 17.8 Å². The Bertz CT molecular complexity index is 677. The van der Waals surface area contributed by atoms with E-state index in [1.165, 1.54) is 0 Å². The molecular formula is C14H21N3O2S2. The SMILES string of the molecule is CSC(CO)C(C)NCc1nc2sc(C)c(C)c2c(=O)[nH]1. The van der Waals surface area contributed by atoms with Crippen molar-refractivity contribution < 1.29 is 5.11 Å². The van der Waals surface area contributed by atoms with Crippen LogP contribution in [0, 0.1) is 13.8 Å². The van der Waals surface area contributed by atoms with E-state index >= 15 is 0 Å². The first-order chi connectivity index (χ1) is 9.97. The van der Waals surface area contributed by atoms with E-state index in [1.807, 2.05) is 27.0 Å². The Balaban J connectivity index is 2.18. The fourth-order valence-corrected chi connectivity index (χ4v) is 3.91. The number of thiophene rings is 1. The molecule has 7 heteroatoms. The maximum Gasteiger partial charge on any atom is 0.259 e. The minimum atomic E-state index is -0.0742. The molecule has 0 radical (unpaired) electrons. The van der Waals surface area contributed by atoms with Crippen LogP contribution in [0.2, 0.25) is 0 Å². The Morgan fingerprint density at radius 3 is 2.81 bits per heavy atom. The summed E-state index contributed by atoms with van der Waals surface area (Å²) in [6, 6.07) is 0.137. The maximum absolute atomic E-state index is 12.2. The van der Waals surface area contributed by atoms with E-state index in [-0.39, 0.29) is 23.5 Å². The van der Waals surface area contributed by atoms with Crippen LogP contribution in [0.5, 0.6) is 0 Å². The summed E-state index contributed by atoms with van der Waals surface area (Å²) in [4.78, 5) is 21.5. The second-order valence-electron chi connectivity index (χ2n) is 5.10. The summed E-state index contributed by atoms with van der Waals surface area (Å²) in [6.07, 6.45) is 1.97. The molecule has 2 rings (SSSR count). The molecule has 0 amide bonds. The number of aromatic amines is 1. The van der Waals surface area contributed by atoms with Gasteiger partial charge >= 0.3 is 0 Å². The van der Waals surface area contributed by atoms with Gasteiger partial charge in [0.2, 0.25) is 0 Å². The molecule has 2 aromatic rings. The highest BCUT2D eigenvalue weighted by Crippen LogP contribution is 2.25. The minimum Gasteiger partial charge on any atom is -0.395 e. The molecule has 2 heterocycles. The van der Waals surface area contributed by atoms with Gasteiger partial charge in [-0.2, -0.15) is 11.8 Å². The van der Waals surface area contributed by atoms with Gasteiger partial charge in [0.05, 0.1) is 18.5 Å². The average molecular weight is 327 g/mol. The molecule has 0 aliphatic rings. The van der Waals surface area contributed by atoms with Gasteiger partial charge in [-0.1, -0.05) is 0 Å². The molecule has 21 heavy (non-hydrogen) atoms. The van der Waals surface area contributed by atoms with E-state index in [2.05, 4.69) is 15.3 Å². The van der Waals surface area contributed by atoms with Crippen LogP contribution >= 0.6 is 23.1 Å². The molecule has 0 spiro atoms. The maximum atomic E-state index is 12.2. The topological polar surface area (TPSA) is 78.0 Å². The van der Waals surface area contributed by atoms with E-state index in [9.17, 15) is 9.90 Å². The number of H-pyrrole nitrogens is 1. The molecule has 0 bridgehead atoms. The van der Waals surface area contributed by atoms with Crippen molar-refractivity contribution in [2.45, 2.75) is 38.6 Å². The molecule has 2 atom stereocenters. The minimum absolute atomic E-state index is 0.0742. The highest BCUT2D eigenvalue weighted by atomic mass is 32.2. The Morgan fingerprint density at radius 2 is 2.19 bits per heavy atom. The molecular weight excluding hydrogens is 306 g/mol. The second kappa shape index (κ2) is 6.91. The van der Waals surface area contributed by atoms with Gasteiger partial charge in [-0.15, -0.1) is 11.3 Å². The summed E-state index contributed by atoms with van der Waals surface area (Å²) in [5.74, 6) is 0.637. The van der Waals surface area contributed by atoms with Crippen molar-refractivity contribution in [3.63, 3.8) is 0 Å². The van der Waals surface area contributed by atoms with E-state index < -0.39 is 0 Å². The predicted molar refractivity (Wildman–Crippen MR) is 90.4 cm³/mol. The smallest absolute Gasteiger partial charge is 0.259 e. The number of aryl methyl sites for hydroxylation is 2. The fourth-order valence-electron chi connectivity index (χ4n) is 2.21. The van der Waals surface area contributed by atoms with Gasteiger partial charge in [-0.05, 0) is 32.6 Å².